The summed E-state index contributed by atoms with van der Waals surface area (Å²) in [4.78, 5) is 0.0376. The number of anilines is 1. The molecule has 0 radical (unpaired) electrons. The van der Waals surface area contributed by atoms with E-state index >= 15 is 0 Å². The van der Waals surface area contributed by atoms with Gasteiger partial charge < -0.3 is 5.73 Å². The molecule has 1 rings (SSSR count). The molecule has 0 saturated carbocycles. The minimum Gasteiger partial charge on any atom is -0.398 e. The molecule has 98 valence electrons. The number of sulfonamides is 1. The lowest BCUT2D eigenvalue weighted by Crippen LogP contribution is -2.31. The Balaban J connectivity index is 3.25. The molecule has 18 heavy (non-hydrogen) atoms. The Morgan fingerprint density at radius 1 is 1.28 bits per heavy atom. The summed E-state index contributed by atoms with van der Waals surface area (Å²) >= 11 is 5.75. The maximum absolute atomic E-state index is 12.4. The van der Waals surface area contributed by atoms with Crippen LogP contribution in [0.25, 0.3) is 0 Å². The molecule has 6 heteroatoms. The predicted octanol–water partition coefficient (Wildman–Crippen LogP) is 2.28. The van der Waals surface area contributed by atoms with Crippen molar-refractivity contribution in [3.8, 4) is 0 Å². The van der Waals surface area contributed by atoms with Crippen LogP contribution in [0.5, 0.6) is 0 Å². The van der Waals surface area contributed by atoms with E-state index in [4.69, 9.17) is 17.3 Å². The highest BCUT2D eigenvalue weighted by atomic mass is 35.5. The van der Waals surface area contributed by atoms with Crippen molar-refractivity contribution in [1.29, 1.82) is 0 Å². The van der Waals surface area contributed by atoms with Crippen molar-refractivity contribution >= 4 is 27.3 Å². The van der Waals surface area contributed by atoms with Gasteiger partial charge in [0.25, 0.3) is 0 Å². The fraction of sp³-hybridized carbons (Fsp3) is 0.167. The topological polar surface area (TPSA) is 63.4 Å². The zero-order chi connectivity index (χ0) is 13.8. The van der Waals surface area contributed by atoms with Crippen LogP contribution in [0.4, 0.5) is 5.69 Å². The van der Waals surface area contributed by atoms with Crippen LogP contribution in [-0.2, 0) is 10.0 Å². The fourth-order valence-electron chi connectivity index (χ4n) is 1.45. The van der Waals surface area contributed by atoms with Crippen molar-refractivity contribution in [3.63, 3.8) is 0 Å². The van der Waals surface area contributed by atoms with E-state index in [1.807, 2.05) is 0 Å². The summed E-state index contributed by atoms with van der Waals surface area (Å²) in [7, 11) is -3.67. The summed E-state index contributed by atoms with van der Waals surface area (Å²) in [5.41, 5.74) is 5.82. The summed E-state index contributed by atoms with van der Waals surface area (Å²) in [6.45, 7) is 7.45. The van der Waals surface area contributed by atoms with E-state index in [1.165, 1.54) is 34.7 Å². The summed E-state index contributed by atoms with van der Waals surface area (Å²) in [5.74, 6) is 0. The third-order valence-electron chi connectivity index (χ3n) is 2.26. The van der Waals surface area contributed by atoms with E-state index in [0.29, 0.717) is 5.02 Å². The lowest BCUT2D eigenvalue weighted by atomic mass is 10.3. The molecule has 0 amide bonds. The van der Waals surface area contributed by atoms with Crippen molar-refractivity contribution in [2.75, 3.05) is 18.8 Å². The first-order chi connectivity index (χ1) is 8.43. The molecule has 1 aromatic carbocycles. The molecule has 0 saturated heterocycles. The van der Waals surface area contributed by atoms with Gasteiger partial charge in [0.2, 0.25) is 10.0 Å². The van der Waals surface area contributed by atoms with Crippen LogP contribution in [0.1, 0.15) is 0 Å². The van der Waals surface area contributed by atoms with Crippen molar-refractivity contribution in [3.05, 3.63) is 48.5 Å². The highest BCUT2D eigenvalue weighted by molar-refractivity contribution is 7.89. The molecule has 0 aliphatic carbocycles. The first-order valence-electron chi connectivity index (χ1n) is 5.20. The van der Waals surface area contributed by atoms with Crippen molar-refractivity contribution in [2.45, 2.75) is 4.90 Å². The Morgan fingerprint density at radius 2 is 1.83 bits per heavy atom. The van der Waals surface area contributed by atoms with Crippen LogP contribution in [0.2, 0.25) is 5.02 Å². The van der Waals surface area contributed by atoms with E-state index in [0.717, 1.165) is 0 Å². The van der Waals surface area contributed by atoms with Crippen LogP contribution in [0.3, 0.4) is 0 Å². The second-order valence-corrected chi connectivity index (χ2v) is 5.92. The quantitative estimate of drug-likeness (QED) is 0.644. The Labute approximate surface area is 112 Å². The Morgan fingerprint density at radius 3 is 2.28 bits per heavy atom. The molecule has 0 bridgehead atoms. The largest absolute Gasteiger partial charge is 0.398 e. The number of halogens is 1. The number of nitrogens with zero attached hydrogens (tertiary/aromatic N) is 1. The third kappa shape index (κ3) is 3.13. The van der Waals surface area contributed by atoms with Crippen LogP contribution >= 0.6 is 11.6 Å². The van der Waals surface area contributed by atoms with Gasteiger partial charge in [-0.15, -0.1) is 13.2 Å². The Kier molecular flexibility index (Phi) is 4.95. The van der Waals surface area contributed by atoms with Gasteiger partial charge in [-0.2, -0.15) is 4.31 Å². The van der Waals surface area contributed by atoms with Crippen molar-refractivity contribution in [1.82, 2.24) is 4.31 Å². The van der Waals surface area contributed by atoms with Crippen LogP contribution < -0.4 is 5.73 Å². The van der Waals surface area contributed by atoms with Crippen LogP contribution in [0, 0.1) is 0 Å². The normalized spacial score (nSPS) is 11.4. The molecule has 0 aliphatic heterocycles. The zero-order valence-corrected chi connectivity index (χ0v) is 11.4. The van der Waals surface area contributed by atoms with E-state index in [2.05, 4.69) is 13.2 Å². The van der Waals surface area contributed by atoms with Gasteiger partial charge in [-0.25, -0.2) is 8.42 Å². The second kappa shape index (κ2) is 6.04. The van der Waals surface area contributed by atoms with Crippen molar-refractivity contribution in [2.24, 2.45) is 0 Å². The minimum absolute atomic E-state index is 0.0376. The van der Waals surface area contributed by atoms with Crippen molar-refractivity contribution < 1.29 is 8.42 Å². The van der Waals surface area contributed by atoms with Gasteiger partial charge in [-0.3, -0.25) is 0 Å². The van der Waals surface area contributed by atoms with Gasteiger partial charge in [0, 0.05) is 18.1 Å². The molecule has 2 N–H and O–H groups in total. The van der Waals surface area contributed by atoms with E-state index in [9.17, 15) is 8.42 Å². The van der Waals surface area contributed by atoms with Crippen LogP contribution in [0.15, 0.2) is 48.4 Å². The van der Waals surface area contributed by atoms with Gasteiger partial charge >= 0.3 is 0 Å². The van der Waals surface area contributed by atoms with Gasteiger partial charge in [0.15, 0.2) is 0 Å². The van der Waals surface area contributed by atoms with Gasteiger partial charge in [-0.1, -0.05) is 23.8 Å². The average molecular weight is 287 g/mol. The number of hydrogen-bond acceptors (Lipinski definition) is 3. The smallest absolute Gasteiger partial charge is 0.245 e. The van der Waals surface area contributed by atoms with E-state index in [-0.39, 0.29) is 23.7 Å². The predicted molar refractivity (Wildman–Crippen MR) is 75.0 cm³/mol. The zero-order valence-electron chi connectivity index (χ0n) is 9.84. The first kappa shape index (κ1) is 14.8. The Bertz CT molecular complexity index is 545. The molecule has 0 heterocycles. The summed E-state index contributed by atoms with van der Waals surface area (Å²) in [6, 6.07) is 4.30. The highest BCUT2D eigenvalue weighted by Gasteiger charge is 2.24. The number of rotatable bonds is 6. The Hall–Kier alpha value is -1.30. The molecular formula is C12H15ClN2O2S. The average Bonchev–Trinajstić information content (AvgIpc) is 2.28. The summed E-state index contributed by atoms with van der Waals surface area (Å²) < 4.78 is 25.9. The molecule has 0 unspecified atom stereocenters. The number of benzene rings is 1. The first-order valence-corrected chi connectivity index (χ1v) is 7.02. The maximum atomic E-state index is 12.4. The lowest BCUT2D eigenvalue weighted by Gasteiger charge is -2.20. The SMILES string of the molecule is C=CCN(CC=C)S(=O)(=O)c1ccc(Cl)cc1N. The standard InChI is InChI=1S/C12H15ClN2O2S/c1-3-7-15(8-4-2)18(16,17)12-6-5-10(13)9-11(12)14/h3-6,9H,1-2,7-8,14H2. The number of nitrogen functional groups attached to an aromatic ring is 1. The van der Waals surface area contributed by atoms with E-state index in [1.54, 1.807) is 0 Å². The van der Waals surface area contributed by atoms with Gasteiger partial charge in [0.1, 0.15) is 4.90 Å². The number of nitrogens with two attached hydrogens (primary N) is 1. The molecule has 0 fully saturated rings. The molecule has 0 atom stereocenters. The monoisotopic (exact) mass is 286 g/mol. The van der Waals surface area contributed by atoms with Gasteiger partial charge in [0.05, 0.1) is 5.69 Å². The lowest BCUT2D eigenvalue weighted by molar-refractivity contribution is 0.474. The minimum atomic E-state index is -3.67. The highest BCUT2D eigenvalue weighted by Crippen LogP contribution is 2.25. The summed E-state index contributed by atoms with van der Waals surface area (Å²) in [5, 5.41) is 0.394. The molecule has 4 nitrogen and oxygen atoms in total. The third-order valence-corrected chi connectivity index (χ3v) is 4.40. The summed E-state index contributed by atoms with van der Waals surface area (Å²) in [6.07, 6.45) is 3.01. The van der Waals surface area contributed by atoms with Crippen LogP contribution in [-0.4, -0.2) is 25.8 Å². The second-order valence-electron chi connectivity index (χ2n) is 3.58. The molecule has 0 aromatic heterocycles. The molecule has 1 aromatic rings. The molecule has 0 spiro atoms. The number of hydrogen-bond donors (Lipinski definition) is 1. The molecule has 0 aliphatic rings. The maximum Gasteiger partial charge on any atom is 0.245 e. The van der Waals surface area contributed by atoms with E-state index < -0.39 is 10.0 Å². The fourth-order valence-corrected chi connectivity index (χ4v) is 3.11. The van der Waals surface area contributed by atoms with Gasteiger partial charge in [-0.05, 0) is 18.2 Å². The molecular weight excluding hydrogens is 272 g/mol.